The molecule has 7 nitrogen and oxygen atoms in total. The first-order chi connectivity index (χ1) is 10.8. The Balaban J connectivity index is 0.000000463. The van der Waals surface area contributed by atoms with Gasteiger partial charge in [0, 0.05) is 23.5 Å². The highest BCUT2D eigenvalue weighted by atomic mass is 32.2. The highest BCUT2D eigenvalue weighted by Crippen LogP contribution is 2.25. The van der Waals surface area contributed by atoms with Crippen molar-refractivity contribution in [1.82, 2.24) is 4.90 Å². The minimum Gasteiger partial charge on any atom is -0.399 e. The van der Waals surface area contributed by atoms with E-state index in [1.54, 1.807) is 24.3 Å². The fourth-order valence-corrected chi connectivity index (χ4v) is 2.99. The lowest BCUT2D eigenvalue weighted by molar-refractivity contribution is 0.108. The minimum absolute atomic E-state index is 0.145. The van der Waals surface area contributed by atoms with Crippen molar-refractivity contribution >= 4 is 30.4 Å². The van der Waals surface area contributed by atoms with Crippen LogP contribution in [-0.4, -0.2) is 50.1 Å². The predicted octanol–water partition coefficient (Wildman–Crippen LogP) is 1.70. The number of nitrogens with two attached hydrogens (primary N) is 1. The monoisotopic (exact) mass is 362 g/mol. The first-order valence-corrected chi connectivity index (χ1v) is 9.84. The lowest BCUT2D eigenvalue weighted by Gasteiger charge is -2.25. The first-order valence-electron chi connectivity index (χ1n) is 7.29. The molecular formula is C14H23N2O5PS. The summed E-state index contributed by atoms with van der Waals surface area (Å²) in [5.74, 6) is 0.878. The van der Waals surface area contributed by atoms with E-state index in [9.17, 15) is 4.79 Å². The van der Waals surface area contributed by atoms with E-state index in [4.69, 9.17) is 25.0 Å². The molecule has 2 rings (SSSR count). The maximum Gasteiger partial charge on any atom is 0.466 e. The van der Waals surface area contributed by atoms with Crippen LogP contribution in [0.1, 0.15) is 29.6 Å². The Hall–Kier alpha value is -0.890. The molecule has 0 saturated carbocycles. The zero-order chi connectivity index (χ0) is 17.3. The number of hydrogen-bond acceptors (Lipinski definition) is 5. The number of thioether (sulfide) groups is 1. The van der Waals surface area contributed by atoms with Crippen LogP contribution in [0.3, 0.4) is 0 Å². The molecule has 1 aromatic rings. The van der Waals surface area contributed by atoms with Crippen LogP contribution in [0.2, 0.25) is 0 Å². The van der Waals surface area contributed by atoms with Gasteiger partial charge in [-0.3, -0.25) is 4.79 Å². The lowest BCUT2D eigenvalue weighted by atomic mass is 10.1. The summed E-state index contributed by atoms with van der Waals surface area (Å²) in [4.78, 5) is 35.9. The summed E-state index contributed by atoms with van der Waals surface area (Å²) in [5.41, 5.74) is 7.04. The summed E-state index contributed by atoms with van der Waals surface area (Å²) >= 11 is 1.41. The van der Waals surface area contributed by atoms with Gasteiger partial charge in [-0.15, -0.1) is 0 Å². The number of carbonyl (C=O) groups excluding carboxylic acids is 1. The molecule has 130 valence electrons. The van der Waals surface area contributed by atoms with Gasteiger partial charge in [-0.2, -0.15) is 0 Å². The van der Waals surface area contributed by atoms with Crippen LogP contribution in [0.5, 0.6) is 0 Å². The van der Waals surface area contributed by atoms with Gasteiger partial charge in [-0.1, -0.05) is 18.2 Å². The molecule has 0 spiro atoms. The largest absolute Gasteiger partial charge is 0.466 e. The number of carbonyl (C=O) groups is 1. The van der Waals surface area contributed by atoms with E-state index < -0.39 is 7.82 Å². The number of hydrogen-bond donors (Lipinski definition) is 4. The van der Waals surface area contributed by atoms with Crippen molar-refractivity contribution in [1.29, 1.82) is 0 Å². The van der Waals surface area contributed by atoms with E-state index >= 15 is 0 Å². The molecule has 1 fully saturated rings. The van der Waals surface area contributed by atoms with E-state index in [-0.39, 0.29) is 5.12 Å². The van der Waals surface area contributed by atoms with Gasteiger partial charge < -0.3 is 25.3 Å². The molecule has 5 N–H and O–H groups in total. The van der Waals surface area contributed by atoms with E-state index in [2.05, 4.69) is 4.90 Å². The van der Waals surface area contributed by atoms with Crippen molar-refractivity contribution in [2.45, 2.75) is 19.3 Å². The van der Waals surface area contributed by atoms with E-state index in [0.717, 1.165) is 17.9 Å². The standard InChI is InChI=1S/C14H20N2OS.H3O4P/c15-13-6-4-12(5-7-13)14(17)18-11-10-16-8-2-1-3-9-16;1-5(2,3)4/h4-7H,1-3,8-11,15H2;(H3,1,2,3,4). The third-order valence-corrected chi connectivity index (χ3v) is 4.12. The van der Waals surface area contributed by atoms with Crippen molar-refractivity contribution in [2.24, 2.45) is 0 Å². The van der Waals surface area contributed by atoms with Crippen molar-refractivity contribution in [2.75, 3.05) is 31.1 Å². The topological polar surface area (TPSA) is 124 Å². The van der Waals surface area contributed by atoms with Crippen molar-refractivity contribution in [3.8, 4) is 0 Å². The van der Waals surface area contributed by atoms with Crippen LogP contribution in [-0.2, 0) is 4.57 Å². The van der Waals surface area contributed by atoms with Crippen LogP contribution < -0.4 is 5.73 Å². The number of benzene rings is 1. The third kappa shape index (κ3) is 10.5. The Labute approximate surface area is 140 Å². The number of likely N-dealkylation sites (tertiary alicyclic amines) is 1. The van der Waals surface area contributed by atoms with Crippen LogP contribution >= 0.6 is 19.6 Å². The zero-order valence-corrected chi connectivity index (χ0v) is 14.5. The number of rotatable bonds is 4. The average molecular weight is 362 g/mol. The summed E-state index contributed by atoms with van der Waals surface area (Å²) in [6.45, 7) is 3.40. The molecule has 0 radical (unpaired) electrons. The van der Waals surface area contributed by atoms with Crippen LogP contribution in [0.15, 0.2) is 24.3 Å². The Morgan fingerprint density at radius 1 is 1.13 bits per heavy atom. The normalized spacial score (nSPS) is 15.6. The van der Waals surface area contributed by atoms with Gasteiger partial charge in [0.1, 0.15) is 0 Å². The Kier molecular flexibility index (Phi) is 8.83. The smallest absolute Gasteiger partial charge is 0.399 e. The molecule has 9 heteroatoms. The average Bonchev–Trinajstić information content (AvgIpc) is 2.47. The molecule has 0 aliphatic carbocycles. The van der Waals surface area contributed by atoms with E-state index in [0.29, 0.717) is 5.69 Å². The maximum absolute atomic E-state index is 11.9. The lowest BCUT2D eigenvalue weighted by Crippen LogP contribution is -2.31. The van der Waals surface area contributed by atoms with Crippen molar-refractivity contribution < 1.29 is 24.0 Å². The number of anilines is 1. The van der Waals surface area contributed by atoms with E-state index in [1.807, 2.05) is 0 Å². The van der Waals surface area contributed by atoms with Crippen LogP contribution in [0, 0.1) is 0 Å². The van der Waals surface area contributed by atoms with Gasteiger partial charge >= 0.3 is 7.82 Å². The maximum atomic E-state index is 11.9. The molecule has 0 amide bonds. The molecule has 23 heavy (non-hydrogen) atoms. The van der Waals surface area contributed by atoms with E-state index in [1.165, 1.54) is 44.1 Å². The molecule has 1 saturated heterocycles. The summed E-state index contributed by atoms with van der Waals surface area (Å²) in [6, 6.07) is 7.15. The van der Waals surface area contributed by atoms with Gasteiger partial charge in [0.15, 0.2) is 0 Å². The summed E-state index contributed by atoms with van der Waals surface area (Å²) in [6.07, 6.45) is 3.96. The fourth-order valence-electron chi connectivity index (χ4n) is 2.15. The van der Waals surface area contributed by atoms with Gasteiger partial charge in [0.05, 0.1) is 0 Å². The van der Waals surface area contributed by atoms with Crippen LogP contribution in [0.25, 0.3) is 0 Å². The Morgan fingerprint density at radius 3 is 2.17 bits per heavy atom. The molecule has 0 atom stereocenters. The van der Waals surface area contributed by atoms with Gasteiger partial charge in [-0.25, -0.2) is 4.57 Å². The number of piperidine rings is 1. The number of phosphoric acid groups is 1. The molecule has 1 aromatic carbocycles. The van der Waals surface area contributed by atoms with Gasteiger partial charge in [0.25, 0.3) is 0 Å². The quantitative estimate of drug-likeness (QED) is 0.471. The second kappa shape index (κ2) is 10.1. The highest BCUT2D eigenvalue weighted by molar-refractivity contribution is 8.14. The fraction of sp³-hybridized carbons (Fsp3) is 0.500. The first kappa shape index (κ1) is 20.2. The van der Waals surface area contributed by atoms with Gasteiger partial charge in [-0.05, 0) is 50.2 Å². The predicted molar refractivity (Wildman–Crippen MR) is 92.2 cm³/mol. The summed E-state index contributed by atoms with van der Waals surface area (Å²) < 4.78 is 8.88. The Bertz CT molecular complexity index is 520. The van der Waals surface area contributed by atoms with Crippen molar-refractivity contribution in [3.05, 3.63) is 29.8 Å². The molecule has 0 aromatic heterocycles. The van der Waals surface area contributed by atoms with Crippen molar-refractivity contribution in [3.63, 3.8) is 0 Å². The molecule has 1 heterocycles. The highest BCUT2D eigenvalue weighted by Gasteiger charge is 2.11. The number of nitrogen functional groups attached to an aromatic ring is 1. The molecule has 1 aliphatic heterocycles. The zero-order valence-electron chi connectivity index (χ0n) is 12.8. The molecular weight excluding hydrogens is 339 g/mol. The molecule has 0 bridgehead atoms. The molecule has 0 unspecified atom stereocenters. The summed E-state index contributed by atoms with van der Waals surface area (Å²) in [7, 11) is -4.64. The second-order valence-corrected chi connectivity index (χ2v) is 7.27. The Morgan fingerprint density at radius 2 is 1.65 bits per heavy atom. The minimum atomic E-state index is -4.64. The van der Waals surface area contributed by atoms with Gasteiger partial charge in [0.2, 0.25) is 5.12 Å². The SMILES string of the molecule is Nc1ccc(C(=O)SCCN2CCCCC2)cc1.O=P(O)(O)O. The third-order valence-electron chi connectivity index (χ3n) is 3.24. The summed E-state index contributed by atoms with van der Waals surface area (Å²) in [5, 5.41) is 0.145. The molecule has 1 aliphatic rings. The second-order valence-electron chi connectivity index (χ2n) is 5.17. The van der Waals surface area contributed by atoms with Crippen LogP contribution in [0.4, 0.5) is 5.69 Å². The number of nitrogens with zero attached hydrogens (tertiary/aromatic N) is 1.